The predicted octanol–water partition coefficient (Wildman–Crippen LogP) is 1.62. The smallest absolute Gasteiger partial charge is 0.145 e. The zero-order valence-electron chi connectivity index (χ0n) is 10.0. The van der Waals surface area contributed by atoms with Crippen LogP contribution < -0.4 is 5.73 Å². The molecule has 1 heterocycles. The fourth-order valence-corrected chi connectivity index (χ4v) is 1.81. The van der Waals surface area contributed by atoms with Crippen LogP contribution in [0.3, 0.4) is 0 Å². The fourth-order valence-electron chi connectivity index (χ4n) is 1.81. The van der Waals surface area contributed by atoms with Gasteiger partial charge in [0.1, 0.15) is 5.82 Å². The third-order valence-corrected chi connectivity index (χ3v) is 2.46. The molecule has 0 aliphatic rings. The highest BCUT2D eigenvalue weighted by atomic mass is 15.3. The van der Waals surface area contributed by atoms with Crippen molar-refractivity contribution in [3.63, 3.8) is 0 Å². The number of nitrogens with zero attached hydrogens (tertiary/aromatic N) is 3. The van der Waals surface area contributed by atoms with Crippen molar-refractivity contribution in [1.29, 1.82) is 0 Å². The average Bonchev–Trinajstić information content (AvgIpc) is 2.46. The Morgan fingerprint density at radius 1 is 1.33 bits per heavy atom. The molecule has 0 bridgehead atoms. The molecule has 0 aliphatic heterocycles. The van der Waals surface area contributed by atoms with Gasteiger partial charge in [-0.3, -0.25) is 9.58 Å². The van der Waals surface area contributed by atoms with E-state index in [0.29, 0.717) is 5.82 Å². The second-order valence-corrected chi connectivity index (χ2v) is 3.96. The number of hydrogen-bond acceptors (Lipinski definition) is 3. The lowest BCUT2D eigenvalue weighted by Gasteiger charge is -2.20. The zero-order chi connectivity index (χ0) is 11.3. The van der Waals surface area contributed by atoms with Crippen LogP contribution in [0.4, 0.5) is 5.82 Å². The molecule has 4 nitrogen and oxygen atoms in total. The van der Waals surface area contributed by atoms with Gasteiger partial charge in [-0.2, -0.15) is 5.10 Å². The van der Waals surface area contributed by atoms with Crippen molar-refractivity contribution in [2.45, 2.75) is 33.2 Å². The zero-order valence-corrected chi connectivity index (χ0v) is 10.0. The first-order valence-electron chi connectivity index (χ1n) is 5.68. The van der Waals surface area contributed by atoms with E-state index in [4.69, 9.17) is 5.73 Å². The molecule has 15 heavy (non-hydrogen) atoms. The molecule has 0 radical (unpaired) electrons. The monoisotopic (exact) mass is 210 g/mol. The summed E-state index contributed by atoms with van der Waals surface area (Å²) < 4.78 is 1.87. The van der Waals surface area contributed by atoms with Gasteiger partial charge in [0, 0.05) is 19.7 Å². The third-order valence-electron chi connectivity index (χ3n) is 2.46. The van der Waals surface area contributed by atoms with Crippen LogP contribution in [0.15, 0.2) is 6.07 Å². The number of nitrogens with two attached hydrogens (primary N) is 1. The summed E-state index contributed by atoms with van der Waals surface area (Å²) in [6, 6.07) is 1.96. The minimum absolute atomic E-state index is 0.612. The molecule has 1 aromatic heterocycles. The van der Waals surface area contributed by atoms with Gasteiger partial charge >= 0.3 is 0 Å². The Labute approximate surface area is 92.1 Å². The van der Waals surface area contributed by atoms with Crippen LogP contribution in [0.1, 0.15) is 32.4 Å². The summed E-state index contributed by atoms with van der Waals surface area (Å²) in [6.45, 7) is 7.64. The first-order valence-corrected chi connectivity index (χ1v) is 5.68. The van der Waals surface area contributed by atoms with Gasteiger partial charge < -0.3 is 5.73 Å². The maximum atomic E-state index is 5.65. The normalized spacial score (nSPS) is 11.2. The molecule has 0 saturated heterocycles. The summed E-state index contributed by atoms with van der Waals surface area (Å²) in [4.78, 5) is 2.44. The number of aryl methyl sites for hydroxylation is 1. The van der Waals surface area contributed by atoms with E-state index in [1.54, 1.807) is 0 Å². The van der Waals surface area contributed by atoms with E-state index < -0.39 is 0 Å². The highest BCUT2D eigenvalue weighted by molar-refractivity contribution is 5.29. The lowest BCUT2D eigenvalue weighted by molar-refractivity contribution is 0.259. The highest BCUT2D eigenvalue weighted by Crippen LogP contribution is 2.08. The van der Waals surface area contributed by atoms with Crippen molar-refractivity contribution in [3.05, 3.63) is 11.8 Å². The van der Waals surface area contributed by atoms with Gasteiger partial charge in [-0.05, 0) is 25.9 Å². The molecular formula is C11H22N4. The minimum Gasteiger partial charge on any atom is -0.382 e. The van der Waals surface area contributed by atoms with Crippen LogP contribution in [0, 0.1) is 0 Å². The van der Waals surface area contributed by atoms with E-state index in [-0.39, 0.29) is 0 Å². The van der Waals surface area contributed by atoms with Crippen LogP contribution in [-0.2, 0) is 13.6 Å². The van der Waals surface area contributed by atoms with Gasteiger partial charge in [0.25, 0.3) is 0 Å². The Hall–Kier alpha value is -1.03. The minimum atomic E-state index is 0.612. The van der Waals surface area contributed by atoms with E-state index in [0.717, 1.165) is 19.6 Å². The number of rotatable bonds is 6. The van der Waals surface area contributed by atoms with E-state index >= 15 is 0 Å². The Kier molecular flexibility index (Phi) is 4.62. The molecule has 0 aromatic carbocycles. The van der Waals surface area contributed by atoms with E-state index in [1.165, 1.54) is 18.5 Å². The summed E-state index contributed by atoms with van der Waals surface area (Å²) in [5.41, 5.74) is 6.84. The first kappa shape index (κ1) is 12.0. The summed E-state index contributed by atoms with van der Waals surface area (Å²) >= 11 is 0. The summed E-state index contributed by atoms with van der Waals surface area (Å²) in [5.74, 6) is 0.612. The second kappa shape index (κ2) is 5.75. The predicted molar refractivity (Wildman–Crippen MR) is 63.5 cm³/mol. The number of anilines is 1. The van der Waals surface area contributed by atoms with Gasteiger partial charge in [0.2, 0.25) is 0 Å². The number of aromatic nitrogens is 2. The Morgan fingerprint density at radius 3 is 2.33 bits per heavy atom. The van der Waals surface area contributed by atoms with Crippen LogP contribution in [0.25, 0.3) is 0 Å². The van der Waals surface area contributed by atoms with Crippen molar-refractivity contribution in [2.75, 3.05) is 18.8 Å². The van der Waals surface area contributed by atoms with E-state index in [9.17, 15) is 0 Å². The molecule has 2 N–H and O–H groups in total. The molecule has 0 fully saturated rings. The van der Waals surface area contributed by atoms with Crippen LogP contribution in [-0.4, -0.2) is 27.8 Å². The lowest BCUT2D eigenvalue weighted by atomic mass is 10.3. The Balaban J connectivity index is 2.60. The molecule has 1 rings (SSSR count). The number of hydrogen-bond donors (Lipinski definition) is 1. The Morgan fingerprint density at radius 2 is 1.93 bits per heavy atom. The second-order valence-electron chi connectivity index (χ2n) is 3.96. The third kappa shape index (κ3) is 3.55. The van der Waals surface area contributed by atoms with Gasteiger partial charge in [0.15, 0.2) is 0 Å². The Bertz CT molecular complexity index is 287. The van der Waals surface area contributed by atoms with E-state index in [1.807, 2.05) is 17.8 Å². The largest absolute Gasteiger partial charge is 0.382 e. The molecule has 0 unspecified atom stereocenters. The first-order chi connectivity index (χ1) is 7.17. The molecule has 0 spiro atoms. The standard InChI is InChI=1S/C11H22N4/c1-4-6-15(7-5-2)9-10-8-11(12)13-14(10)3/h8H,4-7,9H2,1-3H3,(H2,12,13). The maximum absolute atomic E-state index is 5.65. The lowest BCUT2D eigenvalue weighted by Crippen LogP contribution is -2.26. The molecular weight excluding hydrogens is 188 g/mol. The van der Waals surface area contributed by atoms with Crippen molar-refractivity contribution < 1.29 is 0 Å². The number of nitrogen functional groups attached to an aromatic ring is 1. The van der Waals surface area contributed by atoms with Crippen molar-refractivity contribution in [1.82, 2.24) is 14.7 Å². The molecule has 0 aliphatic carbocycles. The molecule has 0 saturated carbocycles. The van der Waals surface area contributed by atoms with E-state index in [2.05, 4.69) is 23.8 Å². The summed E-state index contributed by atoms with van der Waals surface area (Å²) in [7, 11) is 1.95. The van der Waals surface area contributed by atoms with Crippen LogP contribution in [0.5, 0.6) is 0 Å². The van der Waals surface area contributed by atoms with Gasteiger partial charge in [0.05, 0.1) is 5.69 Å². The highest BCUT2D eigenvalue weighted by Gasteiger charge is 2.08. The van der Waals surface area contributed by atoms with Crippen LogP contribution >= 0.6 is 0 Å². The van der Waals surface area contributed by atoms with Crippen molar-refractivity contribution in [3.8, 4) is 0 Å². The molecule has 86 valence electrons. The summed E-state index contributed by atoms with van der Waals surface area (Å²) in [5, 5.41) is 4.15. The molecule has 4 heteroatoms. The van der Waals surface area contributed by atoms with Gasteiger partial charge in [-0.15, -0.1) is 0 Å². The quantitative estimate of drug-likeness (QED) is 0.776. The molecule has 0 atom stereocenters. The maximum Gasteiger partial charge on any atom is 0.145 e. The van der Waals surface area contributed by atoms with Crippen LogP contribution in [0.2, 0.25) is 0 Å². The van der Waals surface area contributed by atoms with Crippen molar-refractivity contribution in [2.24, 2.45) is 7.05 Å². The topological polar surface area (TPSA) is 47.1 Å². The van der Waals surface area contributed by atoms with Gasteiger partial charge in [-0.25, -0.2) is 0 Å². The SMILES string of the molecule is CCCN(CCC)Cc1cc(N)nn1C. The molecule has 0 amide bonds. The van der Waals surface area contributed by atoms with Crippen molar-refractivity contribution >= 4 is 5.82 Å². The molecule has 1 aromatic rings. The average molecular weight is 210 g/mol. The van der Waals surface area contributed by atoms with Gasteiger partial charge in [-0.1, -0.05) is 13.8 Å². The fraction of sp³-hybridized carbons (Fsp3) is 0.727. The summed E-state index contributed by atoms with van der Waals surface area (Å²) in [6.07, 6.45) is 2.38.